The number of nitrogens with zero attached hydrogens (tertiary/aromatic N) is 3. The van der Waals surface area contributed by atoms with Gasteiger partial charge in [-0.05, 0) is 48.2 Å². The summed E-state index contributed by atoms with van der Waals surface area (Å²) in [5.74, 6) is -0.721. The van der Waals surface area contributed by atoms with Crippen LogP contribution in [0.25, 0.3) is 6.08 Å². The van der Waals surface area contributed by atoms with E-state index in [2.05, 4.69) is 10.2 Å². The van der Waals surface area contributed by atoms with E-state index < -0.39 is 11.1 Å². The third kappa shape index (κ3) is 6.52. The van der Waals surface area contributed by atoms with E-state index in [-0.39, 0.29) is 29.9 Å². The summed E-state index contributed by atoms with van der Waals surface area (Å²) in [6, 6.07) is 26.0. The number of anilines is 2. The van der Waals surface area contributed by atoms with Gasteiger partial charge in [-0.1, -0.05) is 54.6 Å². The lowest BCUT2D eigenvalue weighted by molar-refractivity contribution is -0.136. The summed E-state index contributed by atoms with van der Waals surface area (Å²) < 4.78 is 5.71. The van der Waals surface area contributed by atoms with Gasteiger partial charge < -0.3 is 19.9 Å². The molecule has 0 atom stereocenters. The molecule has 0 bridgehead atoms. The first kappa shape index (κ1) is 27.0. The molecule has 0 aliphatic carbocycles. The van der Waals surface area contributed by atoms with Crippen LogP contribution in [0.5, 0.6) is 5.75 Å². The first-order valence-corrected chi connectivity index (χ1v) is 13.7. The number of carbonyl (C=O) groups is 4. The van der Waals surface area contributed by atoms with Crippen LogP contribution in [-0.4, -0.2) is 72.1 Å². The number of ether oxygens (including phenoxy) is 1. The van der Waals surface area contributed by atoms with Crippen LogP contribution in [0.15, 0.2) is 89.8 Å². The minimum atomic E-state index is -0.525. The highest BCUT2D eigenvalue weighted by molar-refractivity contribution is 8.18. The Kier molecular flexibility index (Phi) is 8.46. The Morgan fingerprint density at radius 2 is 1.50 bits per heavy atom. The van der Waals surface area contributed by atoms with Crippen molar-refractivity contribution < 1.29 is 23.9 Å². The van der Waals surface area contributed by atoms with E-state index in [9.17, 15) is 19.2 Å². The summed E-state index contributed by atoms with van der Waals surface area (Å²) in [4.78, 5) is 56.1. The molecule has 2 aliphatic heterocycles. The molecule has 5 rings (SSSR count). The van der Waals surface area contributed by atoms with Gasteiger partial charge in [0.2, 0.25) is 5.91 Å². The molecule has 0 radical (unpaired) electrons. The number of benzene rings is 3. The number of hydrogen-bond acceptors (Lipinski definition) is 7. The SMILES string of the molecule is O=C(COc1ccccc1/C=C1\SC(=O)N(CC(=O)N2CCN(c3ccccc3)CC2)C1=O)Nc1ccccc1. The molecule has 0 saturated carbocycles. The molecule has 3 aromatic carbocycles. The van der Waals surface area contributed by atoms with Crippen molar-refractivity contribution >= 4 is 52.2 Å². The Morgan fingerprint density at radius 3 is 2.23 bits per heavy atom. The monoisotopic (exact) mass is 556 g/mol. The lowest BCUT2D eigenvalue weighted by Gasteiger charge is -2.36. The van der Waals surface area contributed by atoms with Crippen LogP contribution in [-0.2, 0) is 14.4 Å². The van der Waals surface area contributed by atoms with E-state index in [1.165, 1.54) is 0 Å². The van der Waals surface area contributed by atoms with E-state index >= 15 is 0 Å². The number of amides is 4. The minimum Gasteiger partial charge on any atom is -0.483 e. The summed E-state index contributed by atoms with van der Waals surface area (Å²) in [7, 11) is 0. The summed E-state index contributed by atoms with van der Waals surface area (Å²) in [5, 5.41) is 2.26. The largest absolute Gasteiger partial charge is 0.483 e. The van der Waals surface area contributed by atoms with Crippen molar-refractivity contribution in [3.05, 3.63) is 95.4 Å². The highest BCUT2D eigenvalue weighted by atomic mass is 32.2. The number of rotatable bonds is 8. The maximum atomic E-state index is 13.1. The third-order valence-electron chi connectivity index (χ3n) is 6.54. The van der Waals surface area contributed by atoms with Crippen LogP contribution >= 0.6 is 11.8 Å². The van der Waals surface area contributed by atoms with Crippen molar-refractivity contribution in [2.75, 3.05) is 49.5 Å². The fourth-order valence-electron chi connectivity index (χ4n) is 4.46. The predicted molar refractivity (Wildman–Crippen MR) is 155 cm³/mol. The first-order valence-electron chi connectivity index (χ1n) is 12.9. The van der Waals surface area contributed by atoms with Gasteiger partial charge in [-0.2, -0.15) is 0 Å². The molecule has 204 valence electrons. The zero-order chi connectivity index (χ0) is 27.9. The van der Waals surface area contributed by atoms with Crippen LogP contribution in [0.3, 0.4) is 0 Å². The Balaban J connectivity index is 1.18. The van der Waals surface area contributed by atoms with E-state index in [0.717, 1.165) is 22.3 Å². The van der Waals surface area contributed by atoms with Crippen LogP contribution < -0.4 is 15.0 Å². The summed E-state index contributed by atoms with van der Waals surface area (Å²) in [6.45, 7) is 1.86. The van der Waals surface area contributed by atoms with Gasteiger partial charge in [0.05, 0.1) is 4.91 Å². The van der Waals surface area contributed by atoms with Gasteiger partial charge >= 0.3 is 0 Å². The molecule has 2 aliphatic rings. The number of hydrogen-bond donors (Lipinski definition) is 1. The van der Waals surface area contributed by atoms with Crippen LogP contribution in [0.1, 0.15) is 5.56 Å². The van der Waals surface area contributed by atoms with Crippen LogP contribution in [0, 0.1) is 0 Å². The first-order chi connectivity index (χ1) is 19.5. The Hall–Kier alpha value is -4.57. The van der Waals surface area contributed by atoms with Crippen molar-refractivity contribution in [1.29, 1.82) is 0 Å². The quantitative estimate of drug-likeness (QED) is 0.417. The number of carbonyl (C=O) groups excluding carboxylic acids is 4. The van der Waals surface area contributed by atoms with E-state index in [1.807, 2.05) is 48.5 Å². The molecule has 40 heavy (non-hydrogen) atoms. The van der Waals surface area contributed by atoms with Gasteiger partial charge in [0.25, 0.3) is 17.1 Å². The fourth-order valence-corrected chi connectivity index (χ4v) is 5.29. The molecule has 2 saturated heterocycles. The summed E-state index contributed by atoms with van der Waals surface area (Å²) in [6.07, 6.45) is 1.55. The van der Waals surface area contributed by atoms with Crippen molar-refractivity contribution in [3.8, 4) is 5.75 Å². The second-order valence-corrected chi connectivity index (χ2v) is 10.2. The van der Waals surface area contributed by atoms with Crippen LogP contribution in [0.4, 0.5) is 16.2 Å². The molecule has 9 nitrogen and oxygen atoms in total. The highest BCUT2D eigenvalue weighted by Gasteiger charge is 2.37. The van der Waals surface area contributed by atoms with E-state index in [1.54, 1.807) is 47.4 Å². The highest BCUT2D eigenvalue weighted by Crippen LogP contribution is 2.34. The van der Waals surface area contributed by atoms with Crippen molar-refractivity contribution in [3.63, 3.8) is 0 Å². The van der Waals surface area contributed by atoms with Crippen molar-refractivity contribution in [2.24, 2.45) is 0 Å². The van der Waals surface area contributed by atoms with Gasteiger partial charge in [-0.25, -0.2) is 0 Å². The number of para-hydroxylation sites is 3. The van der Waals surface area contributed by atoms with E-state index in [4.69, 9.17) is 4.74 Å². The van der Waals surface area contributed by atoms with Crippen LogP contribution in [0.2, 0.25) is 0 Å². The average molecular weight is 557 g/mol. The molecule has 0 spiro atoms. The third-order valence-corrected chi connectivity index (χ3v) is 7.45. The molecule has 3 aromatic rings. The zero-order valence-electron chi connectivity index (χ0n) is 21.7. The zero-order valence-corrected chi connectivity index (χ0v) is 22.5. The molecule has 2 fully saturated rings. The topological polar surface area (TPSA) is 99.3 Å². The summed E-state index contributed by atoms with van der Waals surface area (Å²) >= 11 is 0.783. The Labute approximate surface area is 236 Å². The van der Waals surface area contributed by atoms with Gasteiger partial charge in [0.1, 0.15) is 12.3 Å². The molecule has 0 unspecified atom stereocenters. The maximum absolute atomic E-state index is 13.1. The second kappa shape index (κ2) is 12.5. The predicted octanol–water partition coefficient (Wildman–Crippen LogP) is 4.09. The fraction of sp³-hybridized carbons (Fsp3) is 0.200. The van der Waals surface area contributed by atoms with Gasteiger partial charge in [0.15, 0.2) is 6.61 Å². The Morgan fingerprint density at radius 1 is 0.850 bits per heavy atom. The molecule has 1 N–H and O–H groups in total. The van der Waals surface area contributed by atoms with E-state index in [0.29, 0.717) is 43.2 Å². The standard InChI is InChI=1S/C30H28N4O5S/c35-27(31-23-10-3-1-4-11-23)21-39-25-14-8-7-9-22(25)19-26-29(37)34(30(38)40-26)20-28(36)33-17-15-32(16-18-33)24-12-5-2-6-13-24/h1-14,19H,15-18,20-21H2,(H,31,35)/b26-19-. The second-order valence-electron chi connectivity index (χ2n) is 9.21. The lowest BCUT2D eigenvalue weighted by atomic mass is 10.2. The maximum Gasteiger partial charge on any atom is 0.294 e. The van der Waals surface area contributed by atoms with Gasteiger partial charge in [-0.3, -0.25) is 24.1 Å². The summed E-state index contributed by atoms with van der Waals surface area (Å²) in [5.41, 5.74) is 2.31. The number of piperazine rings is 1. The van der Waals surface area contributed by atoms with Gasteiger partial charge in [0, 0.05) is 43.1 Å². The molecule has 4 amide bonds. The van der Waals surface area contributed by atoms with Gasteiger partial charge in [-0.15, -0.1) is 0 Å². The minimum absolute atomic E-state index is 0.191. The lowest BCUT2D eigenvalue weighted by Crippen LogP contribution is -2.51. The number of imide groups is 1. The van der Waals surface area contributed by atoms with Crippen molar-refractivity contribution in [2.45, 2.75) is 0 Å². The molecular weight excluding hydrogens is 528 g/mol. The molecule has 0 aromatic heterocycles. The smallest absolute Gasteiger partial charge is 0.294 e. The normalized spacial score (nSPS) is 16.4. The Bertz CT molecular complexity index is 1420. The van der Waals surface area contributed by atoms with Crippen molar-refractivity contribution in [1.82, 2.24) is 9.80 Å². The molecule has 10 heteroatoms. The number of nitrogens with one attached hydrogen (secondary N) is 1. The molecular formula is C30H28N4O5S. The number of thioether (sulfide) groups is 1. The molecule has 2 heterocycles. The average Bonchev–Trinajstić information content (AvgIpc) is 3.25.